The van der Waals surface area contributed by atoms with E-state index in [1.165, 1.54) is 0 Å². The van der Waals surface area contributed by atoms with Crippen molar-refractivity contribution in [3.05, 3.63) is 28.5 Å². The van der Waals surface area contributed by atoms with Crippen molar-refractivity contribution in [1.82, 2.24) is 5.32 Å². The molecule has 0 aliphatic heterocycles. The van der Waals surface area contributed by atoms with Gasteiger partial charge < -0.3 is 5.32 Å². The predicted octanol–water partition coefficient (Wildman–Crippen LogP) is 2.05. The minimum Gasteiger partial charge on any atom is -0.351 e. The number of nitrogens with two attached hydrogens (primary N) is 1. The van der Waals surface area contributed by atoms with Gasteiger partial charge in [0, 0.05) is 6.54 Å². The lowest BCUT2D eigenvalue weighted by atomic mass is 9.70. The van der Waals surface area contributed by atoms with Crippen LogP contribution in [0.1, 0.15) is 36.5 Å². The number of carbonyl (C=O) groups is 1. The Kier molecular flexibility index (Phi) is 4.28. The van der Waals surface area contributed by atoms with E-state index >= 15 is 0 Å². The van der Waals surface area contributed by atoms with Crippen LogP contribution in [-0.2, 0) is 10.0 Å². The first kappa shape index (κ1) is 16.2. The molecule has 0 saturated heterocycles. The Morgan fingerprint density at radius 1 is 1.48 bits per heavy atom. The molecule has 0 heterocycles. The third kappa shape index (κ3) is 3.53. The highest BCUT2D eigenvalue weighted by Crippen LogP contribution is 2.39. The zero-order valence-corrected chi connectivity index (χ0v) is 13.0. The van der Waals surface area contributed by atoms with Crippen LogP contribution in [0.25, 0.3) is 0 Å². The van der Waals surface area contributed by atoms with Crippen molar-refractivity contribution in [1.29, 1.82) is 0 Å². The normalized spacial score (nSPS) is 17.1. The van der Waals surface area contributed by atoms with Gasteiger partial charge in [0.25, 0.3) is 5.91 Å². The summed E-state index contributed by atoms with van der Waals surface area (Å²) in [5.74, 6) is -1.61. The number of sulfonamides is 1. The van der Waals surface area contributed by atoms with Crippen LogP contribution in [-0.4, -0.2) is 20.9 Å². The summed E-state index contributed by atoms with van der Waals surface area (Å²) < 4.78 is 36.2. The molecule has 3 N–H and O–H groups in total. The Morgan fingerprint density at radius 2 is 2.10 bits per heavy atom. The van der Waals surface area contributed by atoms with Gasteiger partial charge in [0.15, 0.2) is 0 Å². The highest BCUT2D eigenvalue weighted by molar-refractivity contribution is 7.89. The molecule has 1 amide bonds. The Balaban J connectivity index is 2.25. The molecule has 0 radical (unpaired) electrons. The van der Waals surface area contributed by atoms with Crippen molar-refractivity contribution < 1.29 is 17.6 Å². The van der Waals surface area contributed by atoms with Gasteiger partial charge in [0.05, 0.1) is 15.5 Å². The van der Waals surface area contributed by atoms with Crippen LogP contribution < -0.4 is 10.5 Å². The Morgan fingerprint density at radius 3 is 2.57 bits per heavy atom. The maximum absolute atomic E-state index is 13.7. The molecule has 0 spiro atoms. The van der Waals surface area contributed by atoms with Crippen molar-refractivity contribution in [2.45, 2.75) is 31.1 Å². The van der Waals surface area contributed by atoms with Crippen molar-refractivity contribution >= 4 is 27.5 Å². The molecule has 1 aromatic carbocycles. The van der Waals surface area contributed by atoms with Gasteiger partial charge in [-0.25, -0.2) is 17.9 Å². The largest absolute Gasteiger partial charge is 0.351 e. The molecule has 1 aromatic rings. The highest BCUT2D eigenvalue weighted by atomic mass is 35.5. The van der Waals surface area contributed by atoms with Crippen molar-refractivity contribution in [2.75, 3.05) is 6.54 Å². The zero-order valence-electron chi connectivity index (χ0n) is 11.4. The monoisotopic (exact) mass is 334 g/mol. The Hall–Kier alpha value is -1.18. The second kappa shape index (κ2) is 5.55. The molecule has 21 heavy (non-hydrogen) atoms. The zero-order chi connectivity index (χ0) is 15.8. The summed E-state index contributed by atoms with van der Waals surface area (Å²) in [6.45, 7) is 2.48. The van der Waals surface area contributed by atoms with Crippen molar-refractivity contribution in [3.8, 4) is 0 Å². The van der Waals surface area contributed by atoms with Crippen LogP contribution in [0.4, 0.5) is 4.39 Å². The van der Waals surface area contributed by atoms with E-state index in [2.05, 4.69) is 5.32 Å². The molecule has 0 aromatic heterocycles. The molecule has 0 unspecified atom stereocenters. The van der Waals surface area contributed by atoms with E-state index in [1.807, 2.05) is 6.92 Å². The van der Waals surface area contributed by atoms with Crippen LogP contribution in [0.5, 0.6) is 0 Å². The molecule has 1 saturated carbocycles. The number of benzene rings is 1. The van der Waals surface area contributed by atoms with E-state index in [4.69, 9.17) is 16.7 Å². The van der Waals surface area contributed by atoms with Gasteiger partial charge in [-0.1, -0.05) is 24.9 Å². The molecule has 1 aliphatic carbocycles. The van der Waals surface area contributed by atoms with Gasteiger partial charge in [0.1, 0.15) is 5.82 Å². The van der Waals surface area contributed by atoms with E-state index in [9.17, 15) is 17.6 Å². The molecular weight excluding hydrogens is 319 g/mol. The molecule has 8 heteroatoms. The molecule has 5 nitrogen and oxygen atoms in total. The second-order valence-electron chi connectivity index (χ2n) is 5.66. The summed E-state index contributed by atoms with van der Waals surface area (Å²) in [4.78, 5) is 11.6. The number of nitrogens with one attached hydrogen (secondary N) is 1. The van der Waals surface area contributed by atoms with Gasteiger partial charge in [0.2, 0.25) is 10.0 Å². The fourth-order valence-electron chi connectivity index (χ4n) is 2.24. The summed E-state index contributed by atoms with van der Waals surface area (Å²) in [7, 11) is -4.11. The number of hydrogen-bond acceptors (Lipinski definition) is 3. The van der Waals surface area contributed by atoms with Gasteiger partial charge in [-0.15, -0.1) is 0 Å². The van der Waals surface area contributed by atoms with Crippen molar-refractivity contribution in [2.24, 2.45) is 10.6 Å². The fraction of sp³-hybridized carbons (Fsp3) is 0.462. The maximum Gasteiger partial charge on any atom is 0.252 e. The SMILES string of the molecule is CC1(CNC(=O)c2cc(S(N)(=O)=O)cc(F)c2Cl)CCC1. The highest BCUT2D eigenvalue weighted by Gasteiger charge is 2.32. The van der Waals surface area contributed by atoms with Crippen LogP contribution in [0.2, 0.25) is 5.02 Å². The van der Waals surface area contributed by atoms with Gasteiger partial charge in [-0.05, 0) is 30.4 Å². The number of carbonyl (C=O) groups excluding carboxylic acids is 1. The first-order valence-electron chi connectivity index (χ1n) is 6.42. The van der Waals surface area contributed by atoms with Crippen LogP contribution >= 0.6 is 11.6 Å². The fourth-order valence-corrected chi connectivity index (χ4v) is 2.98. The summed E-state index contributed by atoms with van der Waals surface area (Å²) in [5, 5.41) is 7.19. The van der Waals surface area contributed by atoms with E-state index in [0.717, 1.165) is 25.3 Å². The lowest BCUT2D eigenvalue weighted by Crippen LogP contribution is -2.40. The third-order valence-electron chi connectivity index (χ3n) is 3.81. The Labute approximate surface area is 127 Å². The number of amides is 1. The first-order valence-corrected chi connectivity index (χ1v) is 8.35. The van der Waals surface area contributed by atoms with E-state index in [0.29, 0.717) is 12.6 Å². The minimum atomic E-state index is -4.11. The lowest BCUT2D eigenvalue weighted by molar-refractivity contribution is 0.0890. The van der Waals surface area contributed by atoms with Gasteiger partial charge in [-0.3, -0.25) is 4.79 Å². The standard InChI is InChI=1S/C13H16ClFN2O3S/c1-13(3-2-4-13)7-17-12(18)9-5-8(21(16,19)20)6-10(15)11(9)14/h5-6H,2-4,7H2,1H3,(H,17,18)(H2,16,19,20). The Bertz CT molecular complexity index is 687. The third-order valence-corrected chi connectivity index (χ3v) is 5.09. The van der Waals surface area contributed by atoms with E-state index < -0.39 is 31.7 Å². The molecule has 0 bridgehead atoms. The number of hydrogen-bond donors (Lipinski definition) is 2. The summed E-state index contributed by atoms with van der Waals surface area (Å²) >= 11 is 5.74. The quantitative estimate of drug-likeness (QED) is 0.883. The van der Waals surface area contributed by atoms with Crippen molar-refractivity contribution in [3.63, 3.8) is 0 Å². The average molecular weight is 335 g/mol. The molecule has 1 fully saturated rings. The van der Waals surface area contributed by atoms with Crippen LogP contribution in [0, 0.1) is 11.2 Å². The van der Waals surface area contributed by atoms with Gasteiger partial charge in [-0.2, -0.15) is 0 Å². The second-order valence-corrected chi connectivity index (χ2v) is 7.60. The summed E-state index contributed by atoms with van der Waals surface area (Å²) in [6.07, 6.45) is 3.13. The minimum absolute atomic E-state index is 0.0399. The maximum atomic E-state index is 13.7. The molecule has 2 rings (SSSR count). The average Bonchev–Trinajstić information content (AvgIpc) is 2.35. The predicted molar refractivity (Wildman–Crippen MR) is 77.1 cm³/mol. The number of primary sulfonamides is 1. The summed E-state index contributed by atoms with van der Waals surface area (Å²) in [6, 6.07) is 1.68. The summed E-state index contributed by atoms with van der Waals surface area (Å²) in [5.41, 5.74) is -0.193. The van der Waals surface area contributed by atoms with Crippen LogP contribution in [0.3, 0.4) is 0 Å². The first-order chi connectivity index (χ1) is 9.62. The lowest BCUT2D eigenvalue weighted by Gasteiger charge is -2.38. The van der Waals surface area contributed by atoms with Gasteiger partial charge >= 0.3 is 0 Å². The topological polar surface area (TPSA) is 89.3 Å². The number of rotatable bonds is 4. The van der Waals surface area contributed by atoms with E-state index in [1.54, 1.807) is 0 Å². The molecule has 1 aliphatic rings. The smallest absolute Gasteiger partial charge is 0.252 e. The molecular formula is C13H16ClFN2O3S. The molecule has 116 valence electrons. The van der Waals surface area contributed by atoms with E-state index in [-0.39, 0.29) is 11.0 Å². The molecule has 0 atom stereocenters. The van der Waals surface area contributed by atoms with Crippen LogP contribution in [0.15, 0.2) is 17.0 Å². The number of halogens is 2.